The zero-order valence-electron chi connectivity index (χ0n) is 11.1. The fourth-order valence-electron chi connectivity index (χ4n) is 1.66. The minimum Gasteiger partial charge on any atom is -0.224 e. The second-order valence-electron chi connectivity index (χ2n) is 4.97. The molecule has 0 radical (unpaired) electrons. The molecule has 0 saturated carbocycles. The van der Waals surface area contributed by atoms with Gasteiger partial charge in [-0.25, -0.2) is 8.42 Å². The van der Waals surface area contributed by atoms with Crippen LogP contribution in [0.3, 0.4) is 0 Å². The molecular weight excluding hydrogens is 357 g/mol. The van der Waals surface area contributed by atoms with Gasteiger partial charge in [0.15, 0.2) is 9.84 Å². The standard InChI is InChI=1S/C13H16BrF3O2S/c1-9(2)10(7-14)8-20(18,19)12-5-3-4-11(6-12)13(15,16)17/h3-6,9-10H,7-8H2,1-2H3. The van der Waals surface area contributed by atoms with Crippen molar-refractivity contribution in [1.82, 2.24) is 0 Å². The Kier molecular flexibility index (Phi) is 5.66. The maximum atomic E-state index is 12.6. The third kappa shape index (κ3) is 4.48. The highest BCUT2D eigenvalue weighted by Gasteiger charge is 2.32. The van der Waals surface area contributed by atoms with Gasteiger partial charge >= 0.3 is 6.18 Å². The second kappa shape index (κ2) is 6.47. The molecule has 0 fully saturated rings. The molecule has 0 amide bonds. The summed E-state index contributed by atoms with van der Waals surface area (Å²) in [4.78, 5) is -0.279. The zero-order valence-corrected chi connectivity index (χ0v) is 13.5. The summed E-state index contributed by atoms with van der Waals surface area (Å²) in [5.41, 5.74) is -0.946. The first kappa shape index (κ1) is 17.5. The van der Waals surface area contributed by atoms with Crippen molar-refractivity contribution in [3.05, 3.63) is 29.8 Å². The lowest BCUT2D eigenvalue weighted by molar-refractivity contribution is -0.137. The topological polar surface area (TPSA) is 34.1 Å². The largest absolute Gasteiger partial charge is 0.416 e. The van der Waals surface area contributed by atoms with E-state index in [9.17, 15) is 21.6 Å². The molecule has 0 N–H and O–H groups in total. The summed E-state index contributed by atoms with van der Waals surface area (Å²) in [6, 6.07) is 3.88. The number of alkyl halides is 4. The van der Waals surface area contributed by atoms with E-state index in [-0.39, 0.29) is 22.5 Å². The Morgan fingerprint density at radius 3 is 2.30 bits per heavy atom. The van der Waals surface area contributed by atoms with E-state index in [1.54, 1.807) is 0 Å². The highest BCUT2D eigenvalue weighted by Crippen LogP contribution is 2.31. The average Bonchev–Trinajstić information content (AvgIpc) is 2.35. The van der Waals surface area contributed by atoms with Crippen LogP contribution in [0.15, 0.2) is 29.2 Å². The Bertz CT molecular complexity index is 553. The maximum absolute atomic E-state index is 12.6. The van der Waals surface area contributed by atoms with Gasteiger partial charge in [-0.05, 0) is 30.0 Å². The van der Waals surface area contributed by atoms with Crippen molar-refractivity contribution in [2.75, 3.05) is 11.1 Å². The van der Waals surface area contributed by atoms with Gasteiger partial charge in [0.05, 0.1) is 16.2 Å². The average molecular weight is 373 g/mol. The molecule has 0 spiro atoms. The van der Waals surface area contributed by atoms with Gasteiger partial charge < -0.3 is 0 Å². The molecule has 0 aliphatic heterocycles. The number of hydrogen-bond donors (Lipinski definition) is 0. The van der Waals surface area contributed by atoms with Crippen molar-refractivity contribution in [3.8, 4) is 0 Å². The second-order valence-corrected chi connectivity index (χ2v) is 7.65. The van der Waals surface area contributed by atoms with Crippen LogP contribution < -0.4 is 0 Å². The minimum atomic E-state index is -4.54. The van der Waals surface area contributed by atoms with Gasteiger partial charge in [-0.3, -0.25) is 0 Å². The Balaban J connectivity index is 3.10. The van der Waals surface area contributed by atoms with Crippen LogP contribution in [0.1, 0.15) is 19.4 Å². The van der Waals surface area contributed by atoms with Gasteiger partial charge in [0.25, 0.3) is 0 Å². The predicted molar refractivity (Wildman–Crippen MR) is 75.6 cm³/mol. The number of hydrogen-bond acceptors (Lipinski definition) is 2. The van der Waals surface area contributed by atoms with Crippen molar-refractivity contribution < 1.29 is 21.6 Å². The smallest absolute Gasteiger partial charge is 0.224 e. The van der Waals surface area contributed by atoms with Crippen LogP contribution >= 0.6 is 15.9 Å². The Morgan fingerprint density at radius 2 is 1.85 bits per heavy atom. The Labute approximate surface area is 125 Å². The van der Waals surface area contributed by atoms with E-state index in [1.807, 2.05) is 13.8 Å². The van der Waals surface area contributed by atoms with Crippen LogP contribution in [0.25, 0.3) is 0 Å². The fraction of sp³-hybridized carbons (Fsp3) is 0.538. The van der Waals surface area contributed by atoms with Crippen molar-refractivity contribution in [2.45, 2.75) is 24.9 Å². The van der Waals surface area contributed by atoms with Crippen molar-refractivity contribution in [3.63, 3.8) is 0 Å². The summed E-state index contributed by atoms with van der Waals surface area (Å²) < 4.78 is 62.2. The van der Waals surface area contributed by atoms with Crippen LogP contribution in [0.5, 0.6) is 0 Å². The molecule has 1 aromatic carbocycles. The van der Waals surface area contributed by atoms with Crippen LogP contribution in [-0.2, 0) is 16.0 Å². The highest BCUT2D eigenvalue weighted by atomic mass is 79.9. The minimum absolute atomic E-state index is 0.120. The van der Waals surface area contributed by atoms with Crippen LogP contribution in [0.4, 0.5) is 13.2 Å². The van der Waals surface area contributed by atoms with E-state index in [0.717, 1.165) is 12.1 Å². The molecule has 1 unspecified atom stereocenters. The third-order valence-electron chi connectivity index (χ3n) is 3.09. The third-order valence-corrected chi connectivity index (χ3v) is 5.77. The van der Waals surface area contributed by atoms with Crippen LogP contribution in [0.2, 0.25) is 0 Å². The summed E-state index contributed by atoms with van der Waals surface area (Å²) in [6.07, 6.45) is -4.54. The van der Waals surface area contributed by atoms with Crippen molar-refractivity contribution in [2.24, 2.45) is 11.8 Å². The molecular formula is C13H16BrF3O2S. The molecule has 0 bridgehead atoms. The molecule has 114 valence electrons. The van der Waals surface area contributed by atoms with Gasteiger partial charge in [-0.15, -0.1) is 0 Å². The van der Waals surface area contributed by atoms with Crippen LogP contribution in [0, 0.1) is 11.8 Å². The molecule has 7 heteroatoms. The van der Waals surface area contributed by atoms with Gasteiger partial charge in [-0.1, -0.05) is 35.8 Å². The van der Waals surface area contributed by atoms with E-state index in [2.05, 4.69) is 15.9 Å². The van der Waals surface area contributed by atoms with E-state index < -0.39 is 21.6 Å². The summed E-state index contributed by atoms with van der Waals surface area (Å²) in [7, 11) is -3.73. The number of halogens is 4. The van der Waals surface area contributed by atoms with Gasteiger partial charge in [0.1, 0.15) is 0 Å². The first-order valence-corrected chi connectivity index (χ1v) is 8.81. The van der Waals surface area contributed by atoms with E-state index in [1.165, 1.54) is 6.07 Å². The van der Waals surface area contributed by atoms with E-state index >= 15 is 0 Å². The summed E-state index contributed by atoms with van der Waals surface area (Å²) in [5, 5.41) is 0.489. The number of rotatable bonds is 5. The highest BCUT2D eigenvalue weighted by molar-refractivity contribution is 9.09. The van der Waals surface area contributed by atoms with E-state index in [4.69, 9.17) is 0 Å². The molecule has 0 aliphatic carbocycles. The van der Waals surface area contributed by atoms with Gasteiger partial charge in [0.2, 0.25) is 0 Å². The van der Waals surface area contributed by atoms with Crippen LogP contribution in [-0.4, -0.2) is 19.5 Å². The summed E-state index contributed by atoms with van der Waals surface area (Å²) in [5.74, 6) is -0.193. The lowest BCUT2D eigenvalue weighted by Crippen LogP contribution is -2.22. The molecule has 0 heterocycles. The number of sulfone groups is 1. The molecule has 0 aliphatic rings. The van der Waals surface area contributed by atoms with Gasteiger partial charge in [-0.2, -0.15) is 13.2 Å². The molecule has 2 nitrogen and oxygen atoms in total. The molecule has 20 heavy (non-hydrogen) atoms. The molecule has 1 atom stereocenters. The normalized spacial score (nSPS) is 14.6. The zero-order chi connectivity index (χ0) is 15.6. The van der Waals surface area contributed by atoms with E-state index in [0.29, 0.717) is 11.4 Å². The summed E-state index contributed by atoms with van der Waals surface area (Å²) in [6.45, 7) is 3.77. The first-order chi connectivity index (χ1) is 9.08. The van der Waals surface area contributed by atoms with Crippen molar-refractivity contribution >= 4 is 25.8 Å². The lowest BCUT2D eigenvalue weighted by Gasteiger charge is -2.18. The van der Waals surface area contributed by atoms with Gasteiger partial charge in [0, 0.05) is 5.33 Å². The molecule has 0 saturated heterocycles. The maximum Gasteiger partial charge on any atom is 0.416 e. The number of benzene rings is 1. The van der Waals surface area contributed by atoms with Crippen molar-refractivity contribution in [1.29, 1.82) is 0 Å². The quantitative estimate of drug-likeness (QED) is 0.727. The predicted octanol–water partition coefficient (Wildman–Crippen LogP) is 4.15. The monoisotopic (exact) mass is 372 g/mol. The molecule has 1 aromatic rings. The Hall–Kier alpha value is -0.560. The molecule has 1 rings (SSSR count). The SMILES string of the molecule is CC(C)C(CBr)CS(=O)(=O)c1cccc(C(F)(F)F)c1. The Morgan fingerprint density at radius 1 is 1.25 bits per heavy atom. The summed E-state index contributed by atoms with van der Waals surface area (Å²) >= 11 is 3.24. The fourth-order valence-corrected chi connectivity index (χ4v) is 4.79. The molecule has 0 aromatic heterocycles. The first-order valence-electron chi connectivity index (χ1n) is 6.04. The lowest BCUT2D eigenvalue weighted by atomic mass is 10.0.